The Kier molecular flexibility index (Phi) is 4.24. The molecule has 0 amide bonds. The van der Waals surface area contributed by atoms with Gasteiger partial charge in [0.2, 0.25) is 0 Å². The third kappa shape index (κ3) is 4.06. The van der Waals surface area contributed by atoms with Crippen LogP contribution in [0.5, 0.6) is 0 Å². The lowest BCUT2D eigenvalue weighted by atomic mass is 10.0. The quantitative estimate of drug-likeness (QED) is 0.912. The van der Waals surface area contributed by atoms with Gasteiger partial charge < -0.3 is 5.32 Å². The van der Waals surface area contributed by atoms with E-state index in [1.807, 2.05) is 0 Å². The Morgan fingerprint density at radius 2 is 1.95 bits per heavy atom. The number of hydrogen-bond donors (Lipinski definition) is 1. The molecule has 1 aliphatic rings. The zero-order valence-electron chi connectivity index (χ0n) is 10.5. The second-order valence-electron chi connectivity index (χ2n) is 4.91. The number of benzene rings is 1. The smallest absolute Gasteiger partial charge is 0.314 e. The van der Waals surface area contributed by atoms with Crippen molar-refractivity contribution in [1.29, 1.82) is 0 Å². The number of rotatable bonds is 4. The predicted molar refractivity (Wildman–Crippen MR) is 65.8 cm³/mol. The first kappa shape index (κ1) is 14.1. The molecule has 0 bridgehead atoms. The van der Waals surface area contributed by atoms with Crippen molar-refractivity contribution in [1.82, 2.24) is 5.32 Å². The number of carbonyl (C=O) groups is 1. The van der Waals surface area contributed by atoms with E-state index in [2.05, 4.69) is 5.32 Å². The molecular weight excluding hydrogens is 255 g/mol. The third-order valence-corrected chi connectivity index (χ3v) is 3.32. The molecule has 2 nitrogen and oxygen atoms in total. The van der Waals surface area contributed by atoms with Crippen molar-refractivity contribution in [2.75, 3.05) is 6.54 Å². The van der Waals surface area contributed by atoms with Crippen LogP contribution in [-0.4, -0.2) is 18.4 Å². The number of nitrogens with one attached hydrogen (secondary N) is 1. The summed E-state index contributed by atoms with van der Waals surface area (Å²) in [6, 6.07) is 5.04. The average Bonchev–Trinajstić information content (AvgIpc) is 2.81. The standard InChI is InChI=1S/C14H16F3NO/c15-14(16,17)11-5-3-10(4-6-11)8-13(19)9-12-2-1-7-18-12/h3-6,12,18H,1-2,7-9H2. The normalized spacial score (nSPS) is 19.6. The van der Waals surface area contributed by atoms with Crippen LogP contribution in [0.15, 0.2) is 24.3 Å². The van der Waals surface area contributed by atoms with Gasteiger partial charge in [0, 0.05) is 18.9 Å². The summed E-state index contributed by atoms with van der Waals surface area (Å²) in [6.07, 6.45) is -1.58. The number of alkyl halides is 3. The Hall–Kier alpha value is -1.36. The Morgan fingerprint density at radius 3 is 2.47 bits per heavy atom. The van der Waals surface area contributed by atoms with Crippen LogP contribution in [0.1, 0.15) is 30.4 Å². The maximum Gasteiger partial charge on any atom is 0.416 e. The second-order valence-corrected chi connectivity index (χ2v) is 4.91. The van der Waals surface area contributed by atoms with E-state index < -0.39 is 11.7 Å². The number of ketones is 1. The van der Waals surface area contributed by atoms with Crippen LogP contribution in [-0.2, 0) is 17.4 Å². The average molecular weight is 271 g/mol. The lowest BCUT2D eigenvalue weighted by Crippen LogP contribution is -2.25. The molecule has 1 saturated heterocycles. The first-order valence-electron chi connectivity index (χ1n) is 6.36. The molecule has 1 aromatic rings. The molecule has 5 heteroatoms. The van der Waals surface area contributed by atoms with Gasteiger partial charge in [-0.05, 0) is 37.1 Å². The second kappa shape index (κ2) is 5.74. The molecule has 0 aromatic heterocycles. The van der Waals surface area contributed by atoms with E-state index in [1.54, 1.807) is 0 Å². The minimum absolute atomic E-state index is 0.0687. The SMILES string of the molecule is O=C(Cc1ccc(C(F)(F)F)cc1)CC1CCCN1. The van der Waals surface area contributed by atoms with E-state index in [4.69, 9.17) is 0 Å². The molecule has 0 saturated carbocycles. The predicted octanol–water partition coefficient (Wildman–Crippen LogP) is 2.96. The van der Waals surface area contributed by atoms with E-state index >= 15 is 0 Å². The molecular formula is C14H16F3NO. The Bertz CT molecular complexity index is 433. The van der Waals surface area contributed by atoms with Gasteiger partial charge in [-0.1, -0.05) is 12.1 Å². The largest absolute Gasteiger partial charge is 0.416 e. The fraction of sp³-hybridized carbons (Fsp3) is 0.500. The van der Waals surface area contributed by atoms with Crippen molar-refractivity contribution < 1.29 is 18.0 Å². The van der Waals surface area contributed by atoms with Crippen molar-refractivity contribution in [3.05, 3.63) is 35.4 Å². The number of carbonyl (C=O) groups excluding carboxylic acids is 1. The van der Waals surface area contributed by atoms with E-state index in [-0.39, 0.29) is 18.2 Å². The van der Waals surface area contributed by atoms with Crippen molar-refractivity contribution in [2.24, 2.45) is 0 Å². The van der Waals surface area contributed by atoms with Gasteiger partial charge in [0.1, 0.15) is 5.78 Å². The molecule has 1 fully saturated rings. The summed E-state index contributed by atoms with van der Waals surface area (Å²) in [6.45, 7) is 0.943. The van der Waals surface area contributed by atoms with Crippen LogP contribution in [0, 0.1) is 0 Å². The van der Waals surface area contributed by atoms with Gasteiger partial charge in [-0.15, -0.1) is 0 Å². The van der Waals surface area contributed by atoms with Crippen molar-refractivity contribution in [3.63, 3.8) is 0 Å². The molecule has 0 aliphatic carbocycles. The first-order chi connectivity index (χ1) is 8.95. The lowest BCUT2D eigenvalue weighted by Gasteiger charge is -2.10. The molecule has 1 aliphatic heterocycles. The molecule has 1 aromatic carbocycles. The highest BCUT2D eigenvalue weighted by atomic mass is 19.4. The van der Waals surface area contributed by atoms with Crippen LogP contribution in [0.2, 0.25) is 0 Å². The summed E-state index contributed by atoms with van der Waals surface area (Å²) in [5.41, 5.74) is -0.0443. The highest BCUT2D eigenvalue weighted by molar-refractivity contribution is 5.81. The summed E-state index contributed by atoms with van der Waals surface area (Å²) in [5.74, 6) is 0.0687. The molecule has 2 rings (SSSR count). The van der Waals surface area contributed by atoms with Crippen molar-refractivity contribution >= 4 is 5.78 Å². The number of Topliss-reactive ketones (excluding diaryl/α,β-unsaturated/α-hetero) is 1. The summed E-state index contributed by atoms with van der Waals surface area (Å²) >= 11 is 0. The van der Waals surface area contributed by atoms with Crippen LogP contribution in [0.3, 0.4) is 0 Å². The summed E-state index contributed by atoms with van der Waals surface area (Å²) in [5, 5.41) is 3.23. The van der Waals surface area contributed by atoms with Crippen LogP contribution in [0.4, 0.5) is 13.2 Å². The zero-order valence-corrected chi connectivity index (χ0v) is 10.5. The summed E-state index contributed by atoms with van der Waals surface area (Å²) in [4.78, 5) is 11.8. The fourth-order valence-electron chi connectivity index (χ4n) is 2.32. The van der Waals surface area contributed by atoms with Gasteiger partial charge in [-0.25, -0.2) is 0 Å². The van der Waals surface area contributed by atoms with Gasteiger partial charge >= 0.3 is 6.18 Å². The van der Waals surface area contributed by atoms with Crippen LogP contribution >= 0.6 is 0 Å². The first-order valence-corrected chi connectivity index (χ1v) is 6.36. The number of hydrogen-bond acceptors (Lipinski definition) is 2. The molecule has 1 unspecified atom stereocenters. The van der Waals surface area contributed by atoms with Gasteiger partial charge in [0.25, 0.3) is 0 Å². The topological polar surface area (TPSA) is 29.1 Å². The van der Waals surface area contributed by atoms with Gasteiger partial charge in [0.05, 0.1) is 5.56 Å². The molecule has 1 heterocycles. The minimum Gasteiger partial charge on any atom is -0.314 e. The minimum atomic E-state index is -4.32. The lowest BCUT2D eigenvalue weighted by molar-refractivity contribution is -0.137. The van der Waals surface area contributed by atoms with Gasteiger partial charge in [-0.3, -0.25) is 4.79 Å². The van der Waals surface area contributed by atoms with Gasteiger partial charge in [-0.2, -0.15) is 13.2 Å². The molecule has 1 atom stereocenters. The van der Waals surface area contributed by atoms with E-state index in [0.717, 1.165) is 31.5 Å². The van der Waals surface area contributed by atoms with E-state index in [0.29, 0.717) is 12.0 Å². The van der Waals surface area contributed by atoms with Crippen molar-refractivity contribution in [3.8, 4) is 0 Å². The van der Waals surface area contributed by atoms with Crippen LogP contribution < -0.4 is 5.32 Å². The van der Waals surface area contributed by atoms with Gasteiger partial charge in [0.15, 0.2) is 0 Å². The molecule has 0 radical (unpaired) electrons. The molecule has 1 N–H and O–H groups in total. The molecule has 0 spiro atoms. The maximum atomic E-state index is 12.4. The Morgan fingerprint density at radius 1 is 1.26 bits per heavy atom. The summed E-state index contributed by atoms with van der Waals surface area (Å²) in [7, 11) is 0. The highest BCUT2D eigenvalue weighted by Gasteiger charge is 2.30. The fourth-order valence-corrected chi connectivity index (χ4v) is 2.32. The Labute approximate surface area is 110 Å². The summed E-state index contributed by atoms with van der Waals surface area (Å²) < 4.78 is 37.1. The molecule has 104 valence electrons. The van der Waals surface area contributed by atoms with Crippen LogP contribution in [0.25, 0.3) is 0 Å². The zero-order chi connectivity index (χ0) is 13.9. The Balaban J connectivity index is 1.90. The van der Waals surface area contributed by atoms with E-state index in [9.17, 15) is 18.0 Å². The van der Waals surface area contributed by atoms with E-state index in [1.165, 1.54) is 12.1 Å². The number of halogens is 3. The molecule has 19 heavy (non-hydrogen) atoms. The maximum absolute atomic E-state index is 12.4. The highest BCUT2D eigenvalue weighted by Crippen LogP contribution is 2.29. The third-order valence-electron chi connectivity index (χ3n) is 3.32. The van der Waals surface area contributed by atoms with Crippen molar-refractivity contribution in [2.45, 2.75) is 37.9 Å². The monoisotopic (exact) mass is 271 g/mol.